The lowest BCUT2D eigenvalue weighted by atomic mass is 9.90. The van der Waals surface area contributed by atoms with E-state index in [0.717, 1.165) is 11.5 Å². The average molecular weight is 216 g/mol. The Bertz CT molecular complexity index is 416. The standard InChI is InChI=1S/C15H20O/c1-9(2)12-7-5-11-6-8-13(10-3-4-10)14(11)15(12)16/h5,7,9-10,13,16H,3-4,6,8H2,1-2H3. The Hall–Kier alpha value is -0.980. The summed E-state index contributed by atoms with van der Waals surface area (Å²) in [5, 5.41) is 10.4. The van der Waals surface area contributed by atoms with Gasteiger partial charge >= 0.3 is 0 Å². The SMILES string of the molecule is CC(C)c1ccc2c(c1O)C(C1CC1)CC2. The number of benzene rings is 1. The van der Waals surface area contributed by atoms with E-state index >= 15 is 0 Å². The molecule has 86 valence electrons. The molecule has 1 heteroatoms. The molecule has 0 saturated heterocycles. The van der Waals surface area contributed by atoms with Crippen LogP contribution in [0, 0.1) is 5.92 Å². The molecule has 0 amide bonds. The Kier molecular flexibility index (Phi) is 2.24. The molecule has 2 aliphatic carbocycles. The van der Waals surface area contributed by atoms with E-state index in [1.54, 1.807) is 0 Å². The molecule has 1 atom stereocenters. The van der Waals surface area contributed by atoms with Gasteiger partial charge in [-0.3, -0.25) is 0 Å². The number of phenols is 1. The van der Waals surface area contributed by atoms with Gasteiger partial charge in [-0.05, 0) is 54.6 Å². The highest BCUT2D eigenvalue weighted by molar-refractivity contribution is 5.51. The molecule has 0 spiro atoms. The maximum absolute atomic E-state index is 10.4. The van der Waals surface area contributed by atoms with Crippen molar-refractivity contribution in [1.29, 1.82) is 0 Å². The van der Waals surface area contributed by atoms with Gasteiger partial charge in [0.15, 0.2) is 0 Å². The monoisotopic (exact) mass is 216 g/mol. The first-order chi connectivity index (χ1) is 7.68. The Morgan fingerprint density at radius 2 is 1.94 bits per heavy atom. The predicted molar refractivity (Wildman–Crippen MR) is 66.0 cm³/mol. The van der Waals surface area contributed by atoms with E-state index < -0.39 is 0 Å². The van der Waals surface area contributed by atoms with Crippen molar-refractivity contribution >= 4 is 0 Å². The number of phenolic OH excluding ortho intramolecular Hbond substituents is 1. The van der Waals surface area contributed by atoms with E-state index in [4.69, 9.17) is 0 Å². The molecule has 2 aliphatic rings. The molecule has 1 saturated carbocycles. The van der Waals surface area contributed by atoms with E-state index in [2.05, 4.69) is 26.0 Å². The van der Waals surface area contributed by atoms with Crippen LogP contribution < -0.4 is 0 Å². The van der Waals surface area contributed by atoms with Gasteiger partial charge in [0.2, 0.25) is 0 Å². The third-order valence-corrected chi connectivity index (χ3v) is 4.25. The molecule has 1 unspecified atom stereocenters. The summed E-state index contributed by atoms with van der Waals surface area (Å²) in [5.41, 5.74) is 3.83. The van der Waals surface area contributed by atoms with Crippen LogP contribution in [0.1, 0.15) is 61.6 Å². The summed E-state index contributed by atoms with van der Waals surface area (Å²) >= 11 is 0. The first kappa shape index (κ1) is 10.2. The van der Waals surface area contributed by atoms with Gasteiger partial charge in [0.1, 0.15) is 5.75 Å². The fourth-order valence-corrected chi connectivity index (χ4v) is 3.19. The smallest absolute Gasteiger partial charge is 0.122 e. The molecule has 1 fully saturated rings. The average Bonchev–Trinajstić information content (AvgIpc) is 2.99. The Morgan fingerprint density at radius 1 is 1.19 bits per heavy atom. The van der Waals surface area contributed by atoms with Gasteiger partial charge in [-0.1, -0.05) is 26.0 Å². The number of fused-ring (bicyclic) bond motifs is 1. The molecule has 0 bridgehead atoms. The molecule has 0 radical (unpaired) electrons. The highest BCUT2D eigenvalue weighted by atomic mass is 16.3. The molecule has 0 aromatic heterocycles. The van der Waals surface area contributed by atoms with Crippen LogP contribution >= 0.6 is 0 Å². The number of rotatable bonds is 2. The van der Waals surface area contributed by atoms with Crippen LogP contribution in [0.4, 0.5) is 0 Å². The summed E-state index contributed by atoms with van der Waals surface area (Å²) in [6.07, 6.45) is 5.17. The zero-order valence-electron chi connectivity index (χ0n) is 10.2. The molecule has 0 heterocycles. The second kappa shape index (κ2) is 3.51. The molecule has 16 heavy (non-hydrogen) atoms. The van der Waals surface area contributed by atoms with Crippen LogP contribution in [-0.4, -0.2) is 5.11 Å². The van der Waals surface area contributed by atoms with Crippen molar-refractivity contribution in [3.8, 4) is 5.75 Å². The minimum atomic E-state index is 0.422. The zero-order valence-corrected chi connectivity index (χ0v) is 10.2. The Morgan fingerprint density at radius 3 is 2.56 bits per heavy atom. The lowest BCUT2D eigenvalue weighted by Gasteiger charge is -2.16. The molecular weight excluding hydrogens is 196 g/mol. The topological polar surface area (TPSA) is 20.2 Å². The van der Waals surface area contributed by atoms with E-state index in [-0.39, 0.29) is 0 Å². The Labute approximate surface area is 97.5 Å². The van der Waals surface area contributed by atoms with Gasteiger partial charge in [-0.25, -0.2) is 0 Å². The van der Waals surface area contributed by atoms with Crippen molar-refractivity contribution in [2.75, 3.05) is 0 Å². The van der Waals surface area contributed by atoms with Crippen LogP contribution in [0.25, 0.3) is 0 Å². The highest BCUT2D eigenvalue weighted by Gasteiger charge is 2.38. The maximum atomic E-state index is 10.4. The minimum absolute atomic E-state index is 0.422. The normalized spacial score (nSPS) is 23.8. The lowest BCUT2D eigenvalue weighted by molar-refractivity contribution is 0.447. The summed E-state index contributed by atoms with van der Waals surface area (Å²) in [6.45, 7) is 4.31. The second-order valence-corrected chi connectivity index (χ2v) is 5.71. The largest absolute Gasteiger partial charge is 0.507 e. The van der Waals surface area contributed by atoms with E-state index in [9.17, 15) is 5.11 Å². The molecule has 1 aromatic rings. The van der Waals surface area contributed by atoms with Crippen LogP contribution in [0.2, 0.25) is 0 Å². The third-order valence-electron chi connectivity index (χ3n) is 4.25. The Balaban J connectivity index is 2.07. The molecule has 1 aromatic carbocycles. The summed E-state index contributed by atoms with van der Waals surface area (Å²) in [6, 6.07) is 4.36. The molecular formula is C15H20O. The van der Waals surface area contributed by atoms with Crippen molar-refractivity contribution in [3.63, 3.8) is 0 Å². The van der Waals surface area contributed by atoms with Crippen molar-refractivity contribution < 1.29 is 5.11 Å². The lowest BCUT2D eigenvalue weighted by Crippen LogP contribution is -1.99. The first-order valence-corrected chi connectivity index (χ1v) is 6.53. The van der Waals surface area contributed by atoms with Crippen LogP contribution in [-0.2, 0) is 6.42 Å². The number of hydrogen-bond donors (Lipinski definition) is 1. The van der Waals surface area contributed by atoms with E-state index in [0.29, 0.717) is 17.6 Å². The molecule has 1 nitrogen and oxygen atoms in total. The number of hydrogen-bond acceptors (Lipinski definition) is 1. The van der Waals surface area contributed by atoms with E-state index in [1.807, 2.05) is 0 Å². The fraction of sp³-hybridized carbons (Fsp3) is 0.600. The van der Waals surface area contributed by atoms with Crippen molar-refractivity contribution in [2.45, 2.75) is 51.4 Å². The fourth-order valence-electron chi connectivity index (χ4n) is 3.19. The summed E-state index contributed by atoms with van der Waals surface area (Å²) < 4.78 is 0. The van der Waals surface area contributed by atoms with Crippen LogP contribution in [0.15, 0.2) is 12.1 Å². The molecule has 0 aliphatic heterocycles. The van der Waals surface area contributed by atoms with E-state index in [1.165, 1.54) is 36.8 Å². The minimum Gasteiger partial charge on any atom is -0.507 e. The second-order valence-electron chi connectivity index (χ2n) is 5.71. The van der Waals surface area contributed by atoms with Gasteiger partial charge < -0.3 is 5.11 Å². The quantitative estimate of drug-likeness (QED) is 0.793. The first-order valence-electron chi connectivity index (χ1n) is 6.53. The van der Waals surface area contributed by atoms with Gasteiger partial charge in [0.25, 0.3) is 0 Å². The van der Waals surface area contributed by atoms with Crippen molar-refractivity contribution in [3.05, 3.63) is 28.8 Å². The van der Waals surface area contributed by atoms with Crippen LogP contribution in [0.3, 0.4) is 0 Å². The molecule has 3 rings (SSSR count). The van der Waals surface area contributed by atoms with Crippen LogP contribution in [0.5, 0.6) is 5.75 Å². The maximum Gasteiger partial charge on any atom is 0.122 e. The molecule has 1 N–H and O–H groups in total. The van der Waals surface area contributed by atoms with Gasteiger partial charge in [0.05, 0.1) is 0 Å². The van der Waals surface area contributed by atoms with Crippen molar-refractivity contribution in [2.24, 2.45) is 5.92 Å². The van der Waals surface area contributed by atoms with Gasteiger partial charge in [-0.15, -0.1) is 0 Å². The van der Waals surface area contributed by atoms with Crippen molar-refractivity contribution in [1.82, 2.24) is 0 Å². The summed E-state index contributed by atoms with van der Waals surface area (Å²) in [5.74, 6) is 2.57. The van der Waals surface area contributed by atoms with Gasteiger partial charge in [0, 0.05) is 5.56 Å². The zero-order chi connectivity index (χ0) is 11.3. The highest BCUT2D eigenvalue weighted by Crippen LogP contribution is 2.53. The number of aryl methyl sites for hydroxylation is 1. The summed E-state index contributed by atoms with van der Waals surface area (Å²) in [7, 11) is 0. The predicted octanol–water partition coefficient (Wildman–Crippen LogP) is 3.96. The third kappa shape index (κ3) is 1.45. The summed E-state index contributed by atoms with van der Waals surface area (Å²) in [4.78, 5) is 0. The van der Waals surface area contributed by atoms with Gasteiger partial charge in [-0.2, -0.15) is 0 Å². The number of aromatic hydroxyl groups is 1.